The Morgan fingerprint density at radius 2 is 2.13 bits per heavy atom. The molecule has 1 aliphatic rings. The first-order chi connectivity index (χ1) is 11.3. The van der Waals surface area contributed by atoms with E-state index in [1.807, 2.05) is 12.1 Å². The van der Waals surface area contributed by atoms with E-state index in [2.05, 4.69) is 41.5 Å². The van der Waals surface area contributed by atoms with Crippen molar-refractivity contribution in [3.05, 3.63) is 24.3 Å². The van der Waals surface area contributed by atoms with Crippen LogP contribution in [-0.4, -0.2) is 45.8 Å². The first kappa shape index (κ1) is 17.4. The molecule has 1 aliphatic heterocycles. The second kappa shape index (κ2) is 9.28. The molecule has 1 unspecified atom stereocenters. The molecule has 0 aliphatic carbocycles. The second-order valence-corrected chi connectivity index (χ2v) is 5.92. The van der Waals surface area contributed by atoms with E-state index in [4.69, 9.17) is 9.73 Å². The van der Waals surface area contributed by atoms with Crippen molar-refractivity contribution in [1.29, 1.82) is 0 Å². The van der Waals surface area contributed by atoms with E-state index < -0.39 is 0 Å². The number of rotatable bonds is 7. The Bertz CT molecular complexity index is 504. The van der Waals surface area contributed by atoms with Crippen LogP contribution < -0.4 is 20.3 Å². The Hall–Kier alpha value is -1.91. The minimum absolute atomic E-state index is 0.594. The number of aliphatic imine (C=N–C) groups is 1. The Morgan fingerprint density at radius 1 is 1.30 bits per heavy atom. The molecule has 0 bridgehead atoms. The fraction of sp³-hybridized carbons (Fsp3) is 0.611. The molecule has 0 radical (unpaired) electrons. The minimum Gasteiger partial charge on any atom is -0.495 e. The maximum atomic E-state index is 5.48. The molecule has 23 heavy (non-hydrogen) atoms. The van der Waals surface area contributed by atoms with Crippen LogP contribution in [0.2, 0.25) is 0 Å². The number of hydrogen-bond donors (Lipinski definition) is 2. The van der Waals surface area contributed by atoms with E-state index >= 15 is 0 Å². The Kier molecular flexibility index (Phi) is 7.04. The lowest BCUT2D eigenvalue weighted by atomic mass is 10.1. The first-order valence-corrected chi connectivity index (χ1v) is 8.68. The summed E-state index contributed by atoms with van der Waals surface area (Å²) in [7, 11) is 1.73. The number of ether oxygens (including phenoxy) is 1. The lowest BCUT2D eigenvalue weighted by molar-refractivity contribution is 0.414. The van der Waals surface area contributed by atoms with Gasteiger partial charge < -0.3 is 20.3 Å². The van der Waals surface area contributed by atoms with E-state index in [-0.39, 0.29) is 0 Å². The SMILES string of the molecule is CCCNC(=NCC1CCN(c2ccccc2OC)C1)NCC. The number of anilines is 1. The Labute approximate surface area is 140 Å². The van der Waals surface area contributed by atoms with Gasteiger partial charge in [-0.2, -0.15) is 0 Å². The van der Waals surface area contributed by atoms with E-state index in [1.165, 1.54) is 12.1 Å². The third-order valence-electron chi connectivity index (χ3n) is 4.11. The van der Waals surface area contributed by atoms with Crippen molar-refractivity contribution in [3.63, 3.8) is 0 Å². The topological polar surface area (TPSA) is 48.9 Å². The molecule has 2 rings (SSSR count). The summed E-state index contributed by atoms with van der Waals surface area (Å²) in [4.78, 5) is 7.15. The van der Waals surface area contributed by atoms with Crippen LogP contribution in [0, 0.1) is 5.92 Å². The van der Waals surface area contributed by atoms with Crippen LogP contribution >= 0.6 is 0 Å². The van der Waals surface area contributed by atoms with E-state index in [9.17, 15) is 0 Å². The van der Waals surface area contributed by atoms with Crippen molar-refractivity contribution in [3.8, 4) is 5.75 Å². The fourth-order valence-electron chi connectivity index (χ4n) is 2.90. The molecule has 1 aromatic carbocycles. The normalized spacial score (nSPS) is 18.1. The summed E-state index contributed by atoms with van der Waals surface area (Å²) in [5.41, 5.74) is 1.19. The third-order valence-corrected chi connectivity index (χ3v) is 4.11. The van der Waals surface area contributed by atoms with Gasteiger partial charge in [0.2, 0.25) is 0 Å². The smallest absolute Gasteiger partial charge is 0.191 e. The molecule has 1 heterocycles. The van der Waals surface area contributed by atoms with Gasteiger partial charge in [0.1, 0.15) is 5.75 Å². The molecule has 0 saturated carbocycles. The maximum Gasteiger partial charge on any atom is 0.191 e. The summed E-state index contributed by atoms with van der Waals surface area (Å²) in [5.74, 6) is 2.48. The summed E-state index contributed by atoms with van der Waals surface area (Å²) in [6.45, 7) is 9.10. The Balaban J connectivity index is 1.91. The number of methoxy groups -OCH3 is 1. The van der Waals surface area contributed by atoms with Gasteiger partial charge in [0.05, 0.1) is 12.8 Å². The van der Waals surface area contributed by atoms with Crippen LogP contribution in [-0.2, 0) is 0 Å². The van der Waals surface area contributed by atoms with Crippen LogP contribution in [0.15, 0.2) is 29.3 Å². The van der Waals surface area contributed by atoms with Gasteiger partial charge in [-0.15, -0.1) is 0 Å². The lowest BCUT2D eigenvalue weighted by Crippen LogP contribution is -2.38. The number of hydrogen-bond acceptors (Lipinski definition) is 3. The molecule has 1 atom stereocenters. The molecule has 5 nitrogen and oxygen atoms in total. The van der Waals surface area contributed by atoms with Crippen molar-refractivity contribution in [2.45, 2.75) is 26.7 Å². The van der Waals surface area contributed by atoms with Crippen LogP contribution in [0.5, 0.6) is 5.75 Å². The molecule has 0 spiro atoms. The van der Waals surface area contributed by atoms with Gasteiger partial charge in [0.15, 0.2) is 5.96 Å². The summed E-state index contributed by atoms with van der Waals surface area (Å²) in [6.07, 6.45) is 2.28. The molecule has 2 N–H and O–H groups in total. The summed E-state index contributed by atoms with van der Waals surface area (Å²) < 4.78 is 5.48. The highest BCUT2D eigenvalue weighted by Crippen LogP contribution is 2.31. The van der Waals surface area contributed by atoms with E-state index in [1.54, 1.807) is 7.11 Å². The molecule has 5 heteroatoms. The van der Waals surface area contributed by atoms with Crippen molar-refractivity contribution in [2.75, 3.05) is 44.7 Å². The van der Waals surface area contributed by atoms with Crippen molar-refractivity contribution < 1.29 is 4.74 Å². The maximum absolute atomic E-state index is 5.48. The van der Waals surface area contributed by atoms with E-state index in [0.29, 0.717) is 5.92 Å². The molecule has 0 aromatic heterocycles. The van der Waals surface area contributed by atoms with Crippen molar-refractivity contribution >= 4 is 11.6 Å². The van der Waals surface area contributed by atoms with Gasteiger partial charge in [0.25, 0.3) is 0 Å². The predicted octanol–water partition coefficient (Wildman–Crippen LogP) is 2.49. The van der Waals surface area contributed by atoms with Crippen LogP contribution in [0.25, 0.3) is 0 Å². The number of benzene rings is 1. The quantitative estimate of drug-likeness (QED) is 0.599. The molecular formula is C18H30N4O. The average Bonchev–Trinajstić information content (AvgIpc) is 3.06. The standard InChI is InChI=1S/C18H30N4O/c1-4-11-20-18(19-5-2)21-13-15-10-12-22(14-15)16-8-6-7-9-17(16)23-3/h6-9,15H,4-5,10-14H2,1-3H3,(H2,19,20,21). The molecule has 128 valence electrons. The molecule has 1 aromatic rings. The van der Waals surface area contributed by atoms with Gasteiger partial charge in [-0.1, -0.05) is 19.1 Å². The van der Waals surface area contributed by atoms with Gasteiger partial charge in [-0.05, 0) is 37.8 Å². The van der Waals surface area contributed by atoms with Crippen LogP contribution in [0.1, 0.15) is 26.7 Å². The average molecular weight is 318 g/mol. The Morgan fingerprint density at radius 3 is 2.87 bits per heavy atom. The monoisotopic (exact) mass is 318 g/mol. The second-order valence-electron chi connectivity index (χ2n) is 5.92. The summed E-state index contributed by atoms with van der Waals surface area (Å²) >= 11 is 0. The van der Waals surface area contributed by atoms with Gasteiger partial charge in [-0.25, -0.2) is 0 Å². The molecular weight excluding hydrogens is 288 g/mol. The number of guanidine groups is 1. The highest BCUT2D eigenvalue weighted by Gasteiger charge is 2.24. The van der Waals surface area contributed by atoms with Crippen molar-refractivity contribution in [2.24, 2.45) is 10.9 Å². The number of nitrogens with zero attached hydrogens (tertiary/aromatic N) is 2. The number of nitrogens with one attached hydrogen (secondary N) is 2. The lowest BCUT2D eigenvalue weighted by Gasteiger charge is -2.21. The summed E-state index contributed by atoms with van der Waals surface area (Å²) in [5, 5.41) is 6.67. The van der Waals surface area contributed by atoms with Crippen LogP contribution in [0.3, 0.4) is 0 Å². The zero-order valence-corrected chi connectivity index (χ0v) is 14.6. The molecule has 1 saturated heterocycles. The zero-order valence-electron chi connectivity index (χ0n) is 14.6. The predicted molar refractivity (Wildman–Crippen MR) is 97.6 cm³/mol. The van der Waals surface area contributed by atoms with Crippen molar-refractivity contribution in [1.82, 2.24) is 10.6 Å². The van der Waals surface area contributed by atoms with Crippen LogP contribution in [0.4, 0.5) is 5.69 Å². The highest BCUT2D eigenvalue weighted by atomic mass is 16.5. The largest absolute Gasteiger partial charge is 0.495 e. The molecule has 1 fully saturated rings. The zero-order chi connectivity index (χ0) is 16.5. The first-order valence-electron chi connectivity index (χ1n) is 8.68. The highest BCUT2D eigenvalue weighted by molar-refractivity contribution is 5.79. The van der Waals surface area contributed by atoms with Gasteiger partial charge in [-0.3, -0.25) is 4.99 Å². The molecule has 0 amide bonds. The van der Waals surface area contributed by atoms with E-state index in [0.717, 1.165) is 50.9 Å². The fourth-order valence-corrected chi connectivity index (χ4v) is 2.90. The van der Waals surface area contributed by atoms with Gasteiger partial charge in [0, 0.05) is 32.7 Å². The van der Waals surface area contributed by atoms with Gasteiger partial charge >= 0.3 is 0 Å². The summed E-state index contributed by atoms with van der Waals surface area (Å²) in [6, 6.07) is 8.25. The number of para-hydroxylation sites is 2. The third kappa shape index (κ3) is 5.05. The minimum atomic E-state index is 0.594.